The summed E-state index contributed by atoms with van der Waals surface area (Å²) in [6.45, 7) is 3.91. The summed E-state index contributed by atoms with van der Waals surface area (Å²) in [6.07, 6.45) is 8.35. The fourth-order valence-corrected chi connectivity index (χ4v) is 2.23. The zero-order chi connectivity index (χ0) is 10.9. The molecular weight excluding hydrogens is 186 g/mol. The number of pyridine rings is 1. The second-order valence-electron chi connectivity index (χ2n) is 5.03. The predicted molar refractivity (Wildman–Crippen MR) is 60.5 cm³/mol. The third-order valence-electron chi connectivity index (χ3n) is 3.41. The average Bonchev–Trinajstić information content (AvgIpc) is 2.12. The smallest absolute Gasteiger partial charge is 0.0886 e. The quantitative estimate of drug-likeness (QED) is 0.823. The van der Waals surface area contributed by atoms with Crippen molar-refractivity contribution in [1.82, 2.24) is 4.98 Å². The van der Waals surface area contributed by atoms with Crippen LogP contribution in [0.25, 0.3) is 0 Å². The van der Waals surface area contributed by atoms with Crippen LogP contribution in [-0.4, -0.2) is 10.1 Å². The number of aliphatic hydroxyl groups is 1. The monoisotopic (exact) mass is 205 g/mol. The molecule has 1 heterocycles. The second-order valence-corrected chi connectivity index (χ2v) is 5.03. The van der Waals surface area contributed by atoms with E-state index in [1.165, 1.54) is 19.3 Å². The Bertz CT molecular complexity index is 342. The molecule has 1 aliphatic rings. The number of aromatic nitrogens is 1. The van der Waals surface area contributed by atoms with Gasteiger partial charge in [-0.25, -0.2) is 0 Å². The molecule has 0 radical (unpaired) electrons. The molecule has 0 bridgehead atoms. The Morgan fingerprint density at radius 1 is 1.47 bits per heavy atom. The van der Waals surface area contributed by atoms with Crippen LogP contribution in [0.15, 0.2) is 18.5 Å². The van der Waals surface area contributed by atoms with Crippen molar-refractivity contribution in [2.24, 2.45) is 5.92 Å². The first-order valence-corrected chi connectivity index (χ1v) is 5.72. The van der Waals surface area contributed by atoms with Crippen LogP contribution in [-0.2, 0) is 5.60 Å². The molecule has 1 saturated carbocycles. The minimum Gasteiger partial charge on any atom is -0.385 e. The molecule has 2 rings (SSSR count). The normalized spacial score (nSPS) is 20.7. The number of rotatable bonds is 3. The van der Waals surface area contributed by atoms with E-state index in [2.05, 4.69) is 4.98 Å². The van der Waals surface area contributed by atoms with Crippen LogP contribution >= 0.6 is 0 Å². The lowest BCUT2D eigenvalue weighted by molar-refractivity contribution is 0.0158. The highest BCUT2D eigenvalue weighted by Crippen LogP contribution is 2.37. The van der Waals surface area contributed by atoms with E-state index >= 15 is 0 Å². The van der Waals surface area contributed by atoms with E-state index in [4.69, 9.17) is 0 Å². The van der Waals surface area contributed by atoms with Gasteiger partial charge in [-0.15, -0.1) is 0 Å². The van der Waals surface area contributed by atoms with E-state index in [1.54, 1.807) is 6.20 Å². The number of nitrogens with zero attached hydrogens (tertiary/aromatic N) is 1. The zero-order valence-electron chi connectivity index (χ0n) is 9.53. The van der Waals surface area contributed by atoms with Gasteiger partial charge < -0.3 is 5.11 Å². The Morgan fingerprint density at radius 3 is 2.73 bits per heavy atom. The van der Waals surface area contributed by atoms with Crippen molar-refractivity contribution >= 4 is 0 Å². The van der Waals surface area contributed by atoms with Crippen molar-refractivity contribution in [3.8, 4) is 0 Å². The summed E-state index contributed by atoms with van der Waals surface area (Å²) in [6, 6.07) is 2.03. The lowest BCUT2D eigenvalue weighted by Gasteiger charge is -2.33. The molecule has 1 aromatic heterocycles. The van der Waals surface area contributed by atoms with E-state index < -0.39 is 5.60 Å². The molecule has 15 heavy (non-hydrogen) atoms. The molecule has 1 atom stereocenters. The van der Waals surface area contributed by atoms with E-state index in [0.29, 0.717) is 5.92 Å². The van der Waals surface area contributed by atoms with Gasteiger partial charge in [-0.2, -0.15) is 0 Å². The zero-order valence-corrected chi connectivity index (χ0v) is 9.53. The molecule has 2 nitrogen and oxygen atoms in total. The largest absolute Gasteiger partial charge is 0.385 e. The molecule has 0 aromatic carbocycles. The molecular formula is C13H19NO. The second kappa shape index (κ2) is 3.93. The van der Waals surface area contributed by atoms with Crippen molar-refractivity contribution < 1.29 is 5.11 Å². The van der Waals surface area contributed by atoms with Crippen LogP contribution in [0.1, 0.15) is 43.7 Å². The van der Waals surface area contributed by atoms with Crippen molar-refractivity contribution in [2.75, 3.05) is 0 Å². The van der Waals surface area contributed by atoms with E-state index in [9.17, 15) is 5.11 Å². The Hall–Kier alpha value is -0.890. The van der Waals surface area contributed by atoms with Crippen LogP contribution in [0.5, 0.6) is 0 Å². The SMILES string of the molecule is Cc1cncc(C(C)(O)CC2CCC2)c1. The number of aryl methyl sites for hydroxylation is 1. The van der Waals surface area contributed by atoms with Crippen molar-refractivity contribution in [3.05, 3.63) is 29.6 Å². The van der Waals surface area contributed by atoms with Gasteiger partial charge >= 0.3 is 0 Å². The fraction of sp³-hybridized carbons (Fsp3) is 0.615. The molecule has 0 saturated heterocycles. The predicted octanol–water partition coefficient (Wildman–Crippen LogP) is 2.79. The Labute approximate surface area is 91.4 Å². The summed E-state index contributed by atoms with van der Waals surface area (Å²) < 4.78 is 0. The fourth-order valence-electron chi connectivity index (χ4n) is 2.23. The molecule has 2 heteroatoms. The molecule has 0 aliphatic heterocycles. The molecule has 1 fully saturated rings. The summed E-state index contributed by atoms with van der Waals surface area (Å²) >= 11 is 0. The highest BCUT2D eigenvalue weighted by Gasteiger charge is 2.30. The number of hydrogen-bond donors (Lipinski definition) is 1. The van der Waals surface area contributed by atoms with Crippen molar-refractivity contribution in [3.63, 3.8) is 0 Å². The third kappa shape index (κ3) is 2.37. The minimum atomic E-state index is -0.704. The molecule has 0 amide bonds. The standard InChI is InChI=1S/C13H19NO/c1-10-6-12(9-14-8-10)13(2,15)7-11-4-3-5-11/h6,8-9,11,15H,3-5,7H2,1-2H3. The summed E-state index contributed by atoms with van der Waals surface area (Å²) in [5.41, 5.74) is 1.36. The van der Waals surface area contributed by atoms with Gasteiger partial charge in [-0.05, 0) is 31.7 Å². The van der Waals surface area contributed by atoms with Crippen molar-refractivity contribution in [2.45, 2.75) is 45.1 Å². The van der Waals surface area contributed by atoms with Gasteiger partial charge in [0.05, 0.1) is 5.60 Å². The maximum absolute atomic E-state index is 10.4. The Morgan fingerprint density at radius 2 is 2.20 bits per heavy atom. The van der Waals surface area contributed by atoms with Crippen LogP contribution in [0.4, 0.5) is 0 Å². The Kier molecular flexibility index (Phi) is 2.79. The maximum atomic E-state index is 10.4. The van der Waals surface area contributed by atoms with Gasteiger partial charge in [0.15, 0.2) is 0 Å². The first kappa shape index (κ1) is 10.6. The van der Waals surface area contributed by atoms with Gasteiger partial charge in [-0.1, -0.05) is 25.3 Å². The molecule has 1 unspecified atom stereocenters. The summed E-state index contributed by atoms with van der Waals surface area (Å²) in [7, 11) is 0. The van der Waals surface area contributed by atoms with E-state index in [1.807, 2.05) is 26.1 Å². The van der Waals surface area contributed by atoms with Crippen LogP contribution < -0.4 is 0 Å². The first-order chi connectivity index (χ1) is 7.08. The third-order valence-corrected chi connectivity index (χ3v) is 3.41. The van der Waals surface area contributed by atoms with Crippen molar-refractivity contribution in [1.29, 1.82) is 0 Å². The summed E-state index contributed by atoms with van der Waals surface area (Å²) in [5, 5.41) is 10.4. The lowest BCUT2D eigenvalue weighted by Crippen LogP contribution is -2.28. The van der Waals surface area contributed by atoms with Gasteiger partial charge in [0.2, 0.25) is 0 Å². The summed E-state index contributed by atoms with van der Waals surface area (Å²) in [4.78, 5) is 4.14. The van der Waals surface area contributed by atoms with Gasteiger partial charge in [0, 0.05) is 18.0 Å². The van der Waals surface area contributed by atoms with Crippen LogP contribution in [0.2, 0.25) is 0 Å². The first-order valence-electron chi connectivity index (χ1n) is 5.72. The lowest BCUT2D eigenvalue weighted by atomic mass is 9.76. The Balaban J connectivity index is 2.12. The van der Waals surface area contributed by atoms with Gasteiger partial charge in [-0.3, -0.25) is 4.98 Å². The average molecular weight is 205 g/mol. The topological polar surface area (TPSA) is 33.1 Å². The molecule has 0 spiro atoms. The molecule has 1 N–H and O–H groups in total. The van der Waals surface area contributed by atoms with Crippen LogP contribution in [0, 0.1) is 12.8 Å². The molecule has 82 valence electrons. The highest BCUT2D eigenvalue weighted by atomic mass is 16.3. The highest BCUT2D eigenvalue weighted by molar-refractivity contribution is 5.22. The molecule has 1 aliphatic carbocycles. The van der Waals surface area contributed by atoms with Gasteiger partial charge in [0.1, 0.15) is 0 Å². The summed E-state index contributed by atoms with van der Waals surface area (Å²) in [5.74, 6) is 0.709. The van der Waals surface area contributed by atoms with E-state index in [-0.39, 0.29) is 0 Å². The molecule has 1 aromatic rings. The van der Waals surface area contributed by atoms with Gasteiger partial charge in [0.25, 0.3) is 0 Å². The van der Waals surface area contributed by atoms with Crippen LogP contribution in [0.3, 0.4) is 0 Å². The maximum Gasteiger partial charge on any atom is 0.0886 e. The van der Waals surface area contributed by atoms with E-state index in [0.717, 1.165) is 17.5 Å². The minimum absolute atomic E-state index is 0.704. The number of hydrogen-bond acceptors (Lipinski definition) is 2.